The van der Waals surface area contributed by atoms with E-state index in [-0.39, 0.29) is 18.5 Å². The highest BCUT2D eigenvalue weighted by Crippen LogP contribution is 2.20. The summed E-state index contributed by atoms with van der Waals surface area (Å²) in [4.78, 5) is 18.4. The van der Waals surface area contributed by atoms with Crippen LogP contribution >= 0.6 is 11.8 Å². The van der Waals surface area contributed by atoms with Crippen molar-refractivity contribution in [1.82, 2.24) is 15.2 Å². The molecule has 0 saturated carbocycles. The average molecular weight is 449 g/mol. The van der Waals surface area contributed by atoms with Gasteiger partial charge in [0.05, 0.1) is 30.8 Å². The Morgan fingerprint density at radius 2 is 2.06 bits per heavy atom. The molecule has 0 unspecified atom stereocenters. The molecular weight excluding hydrogens is 424 g/mol. The second-order valence-electron chi connectivity index (χ2n) is 7.36. The van der Waals surface area contributed by atoms with Crippen LogP contribution in [0.5, 0.6) is 5.75 Å². The third-order valence-corrected chi connectivity index (χ3v) is 6.09. The first-order valence-corrected chi connectivity index (χ1v) is 11.6. The maximum Gasteiger partial charge on any atom is 0.238 e. The summed E-state index contributed by atoms with van der Waals surface area (Å²) in [5.74, 6) is 2.64. The van der Waals surface area contributed by atoms with Crippen molar-refractivity contribution in [3.8, 4) is 23.3 Å². The van der Waals surface area contributed by atoms with Gasteiger partial charge in [-0.2, -0.15) is 5.26 Å². The molecule has 1 N–H and O–H groups in total. The lowest BCUT2D eigenvalue weighted by atomic mass is 10.2. The van der Waals surface area contributed by atoms with Crippen LogP contribution in [0.2, 0.25) is 0 Å². The monoisotopic (exact) mass is 448 g/mol. The number of nitrogens with zero attached hydrogens (tertiary/aromatic N) is 3. The summed E-state index contributed by atoms with van der Waals surface area (Å²) in [7, 11) is 0. The summed E-state index contributed by atoms with van der Waals surface area (Å²) >= 11 is 1.61. The molecule has 1 aromatic heterocycles. The maximum absolute atomic E-state index is 12.2. The Morgan fingerprint density at radius 3 is 2.84 bits per heavy atom. The molecule has 1 saturated heterocycles. The molecule has 164 valence electrons. The van der Waals surface area contributed by atoms with Crippen LogP contribution in [0.4, 0.5) is 0 Å². The number of hydrogen-bond acceptors (Lipinski definition) is 7. The van der Waals surface area contributed by atoms with Gasteiger partial charge in [0.1, 0.15) is 18.1 Å². The van der Waals surface area contributed by atoms with Crippen molar-refractivity contribution in [3.63, 3.8) is 0 Å². The standard InChI is InChI=1S/C24H24N4O3S/c25-12-21-16-32-17-28(21)23(29)14-26-13-18-6-8-22(9-7-18)30-11-10-20-15-31-24(27-20)19-4-2-1-3-5-19/h1-9,15,21,26H,10-11,13-14,16-17H2/t21-/m1/s1. The summed E-state index contributed by atoms with van der Waals surface area (Å²) in [6.45, 7) is 1.30. The van der Waals surface area contributed by atoms with E-state index in [1.165, 1.54) is 0 Å². The van der Waals surface area contributed by atoms with Crippen molar-refractivity contribution >= 4 is 17.7 Å². The summed E-state index contributed by atoms with van der Waals surface area (Å²) in [6.07, 6.45) is 2.32. The fourth-order valence-electron chi connectivity index (χ4n) is 3.32. The number of amides is 1. The van der Waals surface area contributed by atoms with E-state index < -0.39 is 0 Å². The normalized spacial score (nSPS) is 15.5. The zero-order valence-corrected chi connectivity index (χ0v) is 18.4. The largest absolute Gasteiger partial charge is 0.493 e. The lowest BCUT2D eigenvalue weighted by Gasteiger charge is -2.18. The number of carbonyl (C=O) groups is 1. The van der Waals surface area contributed by atoms with Gasteiger partial charge in [0.25, 0.3) is 0 Å². The third-order valence-electron chi connectivity index (χ3n) is 5.08. The van der Waals surface area contributed by atoms with Gasteiger partial charge in [-0.05, 0) is 29.8 Å². The number of benzene rings is 2. The van der Waals surface area contributed by atoms with E-state index in [9.17, 15) is 4.79 Å². The molecule has 0 aliphatic carbocycles. The average Bonchev–Trinajstić information content (AvgIpc) is 3.50. The van der Waals surface area contributed by atoms with Crippen LogP contribution in [0.3, 0.4) is 0 Å². The Morgan fingerprint density at radius 1 is 1.25 bits per heavy atom. The molecule has 0 bridgehead atoms. The van der Waals surface area contributed by atoms with Crippen molar-refractivity contribution in [2.45, 2.75) is 19.0 Å². The van der Waals surface area contributed by atoms with Crippen LogP contribution in [-0.4, -0.2) is 46.6 Å². The number of aromatic nitrogens is 1. The molecule has 32 heavy (non-hydrogen) atoms. The SMILES string of the molecule is N#C[C@@H]1CSCN1C(=O)CNCc1ccc(OCCc2coc(-c3ccccc3)n2)cc1. The molecule has 3 aromatic rings. The first kappa shape index (κ1) is 21.9. The third kappa shape index (κ3) is 5.69. The van der Waals surface area contributed by atoms with Crippen LogP contribution in [-0.2, 0) is 17.8 Å². The number of hydrogen-bond donors (Lipinski definition) is 1. The van der Waals surface area contributed by atoms with E-state index in [2.05, 4.69) is 16.4 Å². The minimum atomic E-state index is -0.312. The predicted molar refractivity (Wildman–Crippen MR) is 123 cm³/mol. The fourth-order valence-corrected chi connectivity index (χ4v) is 4.43. The molecule has 0 spiro atoms. The van der Waals surface area contributed by atoms with Gasteiger partial charge in [-0.3, -0.25) is 4.79 Å². The second kappa shape index (κ2) is 10.8. The van der Waals surface area contributed by atoms with E-state index in [0.717, 1.165) is 22.6 Å². The highest BCUT2D eigenvalue weighted by atomic mass is 32.2. The molecule has 8 heteroatoms. The van der Waals surface area contributed by atoms with Gasteiger partial charge in [-0.15, -0.1) is 11.8 Å². The smallest absolute Gasteiger partial charge is 0.238 e. The quantitative estimate of drug-likeness (QED) is 0.536. The Kier molecular flexibility index (Phi) is 7.43. The topological polar surface area (TPSA) is 91.4 Å². The second-order valence-corrected chi connectivity index (χ2v) is 8.36. The number of nitriles is 1. The summed E-state index contributed by atoms with van der Waals surface area (Å²) in [5, 5.41) is 12.2. The number of oxazole rings is 1. The van der Waals surface area contributed by atoms with Gasteiger partial charge in [0, 0.05) is 24.3 Å². The molecule has 1 fully saturated rings. The Hall–Kier alpha value is -3.28. The first-order chi connectivity index (χ1) is 15.7. The van der Waals surface area contributed by atoms with Gasteiger partial charge in [0.2, 0.25) is 11.8 Å². The number of ether oxygens (including phenoxy) is 1. The van der Waals surface area contributed by atoms with Crippen LogP contribution in [0.15, 0.2) is 65.3 Å². The van der Waals surface area contributed by atoms with Crippen LogP contribution in [0, 0.1) is 11.3 Å². The molecule has 2 heterocycles. The van der Waals surface area contributed by atoms with E-state index in [0.29, 0.717) is 37.1 Å². The van der Waals surface area contributed by atoms with E-state index in [1.807, 2.05) is 54.6 Å². The molecule has 4 rings (SSSR count). The van der Waals surface area contributed by atoms with Gasteiger partial charge < -0.3 is 19.4 Å². The van der Waals surface area contributed by atoms with E-state index in [1.54, 1.807) is 22.9 Å². The zero-order valence-electron chi connectivity index (χ0n) is 17.6. The van der Waals surface area contributed by atoms with Gasteiger partial charge in [-0.25, -0.2) is 4.98 Å². The molecule has 1 atom stereocenters. The maximum atomic E-state index is 12.2. The molecule has 2 aromatic carbocycles. The van der Waals surface area contributed by atoms with E-state index >= 15 is 0 Å². The van der Waals surface area contributed by atoms with Crippen LogP contribution in [0.1, 0.15) is 11.3 Å². The van der Waals surface area contributed by atoms with Gasteiger partial charge in [0.15, 0.2) is 0 Å². The Labute approximate surface area is 191 Å². The molecule has 7 nitrogen and oxygen atoms in total. The zero-order chi connectivity index (χ0) is 22.2. The van der Waals surface area contributed by atoms with Crippen molar-refractivity contribution < 1.29 is 13.9 Å². The Bertz CT molecular complexity index is 1060. The van der Waals surface area contributed by atoms with Gasteiger partial charge >= 0.3 is 0 Å². The summed E-state index contributed by atoms with van der Waals surface area (Å²) in [6, 6.07) is 19.4. The minimum Gasteiger partial charge on any atom is -0.493 e. The molecule has 1 aliphatic heterocycles. The Balaban J connectivity index is 1.18. The highest BCUT2D eigenvalue weighted by Gasteiger charge is 2.28. The number of thioether (sulfide) groups is 1. The number of carbonyl (C=O) groups excluding carboxylic acids is 1. The lowest BCUT2D eigenvalue weighted by molar-refractivity contribution is -0.129. The van der Waals surface area contributed by atoms with E-state index in [4.69, 9.17) is 14.4 Å². The number of rotatable bonds is 9. The molecule has 1 amide bonds. The van der Waals surface area contributed by atoms with Crippen molar-refractivity contribution in [3.05, 3.63) is 72.1 Å². The highest BCUT2D eigenvalue weighted by molar-refractivity contribution is 7.99. The van der Waals surface area contributed by atoms with Crippen LogP contribution in [0.25, 0.3) is 11.5 Å². The van der Waals surface area contributed by atoms with Gasteiger partial charge in [-0.1, -0.05) is 30.3 Å². The molecule has 0 radical (unpaired) electrons. The fraction of sp³-hybridized carbons (Fsp3) is 0.292. The predicted octanol–water partition coefficient (Wildman–Crippen LogP) is 3.48. The molecular formula is C24H24N4O3S. The first-order valence-electron chi connectivity index (χ1n) is 10.4. The summed E-state index contributed by atoms with van der Waals surface area (Å²) in [5.41, 5.74) is 2.86. The minimum absolute atomic E-state index is 0.0372. The number of nitrogens with one attached hydrogen (secondary N) is 1. The summed E-state index contributed by atoms with van der Waals surface area (Å²) < 4.78 is 11.4. The van der Waals surface area contributed by atoms with Crippen LogP contribution < -0.4 is 10.1 Å². The van der Waals surface area contributed by atoms with Crippen molar-refractivity contribution in [1.29, 1.82) is 5.26 Å². The lowest BCUT2D eigenvalue weighted by Crippen LogP contribution is -2.41. The molecule has 1 aliphatic rings. The van der Waals surface area contributed by atoms with Crippen molar-refractivity contribution in [2.24, 2.45) is 0 Å². The van der Waals surface area contributed by atoms with Crippen molar-refractivity contribution in [2.75, 3.05) is 24.8 Å².